The first-order valence-corrected chi connectivity index (χ1v) is 4.87. The van der Waals surface area contributed by atoms with E-state index in [2.05, 4.69) is 15.6 Å². The molecule has 0 aliphatic rings. The predicted octanol–water partition coefficient (Wildman–Crippen LogP) is 1.61. The minimum Gasteiger partial charge on any atom is -0.411 e. The lowest BCUT2D eigenvalue weighted by Crippen LogP contribution is -2.28. The van der Waals surface area contributed by atoms with Crippen molar-refractivity contribution in [2.24, 2.45) is 10.3 Å². The van der Waals surface area contributed by atoms with Gasteiger partial charge in [-0.05, 0) is 26.0 Å². The Balaban J connectivity index is 2.82. The molecule has 0 unspecified atom stereocenters. The van der Waals surface area contributed by atoms with E-state index in [4.69, 9.17) is 10.4 Å². The molecule has 0 radical (unpaired) electrons. The third-order valence-corrected chi connectivity index (χ3v) is 2.12. The lowest BCUT2D eigenvalue weighted by Gasteiger charge is -2.05. The number of carbonyl (C=O) groups is 1. The maximum Gasteiger partial charge on any atom is 0.279 e. The average molecular weight is 235 g/mol. The van der Waals surface area contributed by atoms with Crippen LogP contribution in [0.1, 0.15) is 12.5 Å². The van der Waals surface area contributed by atoms with Crippen LogP contribution in [0.2, 0.25) is 0 Å². The number of nitrogens with one attached hydrogen (secondary N) is 1. The van der Waals surface area contributed by atoms with E-state index in [0.717, 1.165) is 5.56 Å². The van der Waals surface area contributed by atoms with Crippen molar-refractivity contribution in [3.8, 4) is 0 Å². The Morgan fingerprint density at radius 2 is 1.76 bits per heavy atom. The van der Waals surface area contributed by atoms with Gasteiger partial charge in [-0.15, -0.1) is 0 Å². The Morgan fingerprint density at radius 3 is 2.24 bits per heavy atom. The molecule has 0 fully saturated rings. The van der Waals surface area contributed by atoms with Gasteiger partial charge in [0, 0.05) is 5.69 Å². The number of hydrogen-bond acceptors (Lipinski definition) is 5. The normalized spacial score (nSPS) is 12.4. The number of nitrogens with zero attached hydrogens (tertiary/aromatic N) is 2. The summed E-state index contributed by atoms with van der Waals surface area (Å²) in [6.07, 6.45) is 0. The van der Waals surface area contributed by atoms with Crippen LogP contribution in [0.15, 0.2) is 34.6 Å². The Labute approximate surface area is 98.3 Å². The molecular weight excluding hydrogens is 222 g/mol. The van der Waals surface area contributed by atoms with E-state index in [1.54, 1.807) is 12.1 Å². The lowest BCUT2D eigenvalue weighted by atomic mass is 10.2. The molecular formula is C11H13N3O3. The Bertz CT molecular complexity index is 463. The highest BCUT2D eigenvalue weighted by Crippen LogP contribution is 2.08. The van der Waals surface area contributed by atoms with Crippen LogP contribution in [0, 0.1) is 6.92 Å². The quantitative estimate of drug-likeness (QED) is 0.422. The number of benzene rings is 1. The topological polar surface area (TPSA) is 94.3 Å². The Kier molecular flexibility index (Phi) is 4.21. The molecule has 1 amide bonds. The van der Waals surface area contributed by atoms with E-state index in [9.17, 15) is 4.79 Å². The highest BCUT2D eigenvalue weighted by molar-refractivity contribution is 6.68. The molecule has 0 heterocycles. The van der Waals surface area contributed by atoms with E-state index in [1.807, 2.05) is 19.1 Å². The fourth-order valence-electron chi connectivity index (χ4n) is 1.16. The minimum atomic E-state index is -0.647. The van der Waals surface area contributed by atoms with E-state index in [1.165, 1.54) is 6.92 Å². The molecule has 0 bridgehead atoms. The molecule has 0 aliphatic heterocycles. The van der Waals surface area contributed by atoms with Crippen molar-refractivity contribution in [3.63, 3.8) is 0 Å². The Hall–Kier alpha value is -2.37. The number of hydrogen-bond donors (Lipinski definition) is 3. The second kappa shape index (κ2) is 5.64. The summed E-state index contributed by atoms with van der Waals surface area (Å²) in [7, 11) is 0. The molecule has 0 aromatic heterocycles. The van der Waals surface area contributed by atoms with Crippen LogP contribution in [0.5, 0.6) is 0 Å². The summed E-state index contributed by atoms with van der Waals surface area (Å²) in [6.45, 7) is 3.28. The van der Waals surface area contributed by atoms with E-state index < -0.39 is 5.91 Å². The summed E-state index contributed by atoms with van der Waals surface area (Å²) < 4.78 is 0. The van der Waals surface area contributed by atoms with Gasteiger partial charge in [0.15, 0.2) is 5.71 Å². The summed E-state index contributed by atoms with van der Waals surface area (Å²) in [6, 6.07) is 7.10. The molecule has 6 nitrogen and oxygen atoms in total. The second-order valence-electron chi connectivity index (χ2n) is 3.45. The Morgan fingerprint density at radius 1 is 1.18 bits per heavy atom. The molecule has 0 saturated carbocycles. The molecule has 6 heteroatoms. The van der Waals surface area contributed by atoms with Gasteiger partial charge >= 0.3 is 0 Å². The van der Waals surface area contributed by atoms with Crippen LogP contribution < -0.4 is 5.32 Å². The summed E-state index contributed by atoms with van der Waals surface area (Å²) in [4.78, 5) is 11.6. The summed E-state index contributed by atoms with van der Waals surface area (Å²) in [5.74, 6) is -0.647. The molecule has 1 aromatic carbocycles. The van der Waals surface area contributed by atoms with Crippen LogP contribution >= 0.6 is 0 Å². The van der Waals surface area contributed by atoms with Gasteiger partial charge in [0.05, 0.1) is 0 Å². The number of aryl methyl sites for hydroxylation is 1. The average Bonchev–Trinajstić information content (AvgIpc) is 2.32. The number of anilines is 1. The van der Waals surface area contributed by atoms with Crippen LogP contribution in [0.25, 0.3) is 0 Å². The zero-order valence-electron chi connectivity index (χ0n) is 9.51. The number of oxime groups is 2. The molecule has 0 saturated heterocycles. The number of amides is 1. The van der Waals surface area contributed by atoms with Crippen molar-refractivity contribution in [3.05, 3.63) is 29.8 Å². The highest BCUT2D eigenvalue weighted by Gasteiger charge is 2.16. The first kappa shape index (κ1) is 12.7. The molecule has 3 N–H and O–H groups in total. The van der Waals surface area contributed by atoms with Gasteiger partial charge in [0.25, 0.3) is 5.91 Å². The van der Waals surface area contributed by atoms with Crippen molar-refractivity contribution in [2.45, 2.75) is 13.8 Å². The monoisotopic (exact) mass is 235 g/mol. The van der Waals surface area contributed by atoms with Gasteiger partial charge in [-0.25, -0.2) is 0 Å². The molecule has 90 valence electrons. The second-order valence-corrected chi connectivity index (χ2v) is 3.45. The SMILES string of the molecule is CC(=N\O)/C(=N\O)C(=O)Nc1ccc(C)cc1. The first-order chi connectivity index (χ1) is 8.08. The maximum atomic E-state index is 11.6. The predicted molar refractivity (Wildman–Crippen MR) is 63.9 cm³/mol. The van der Waals surface area contributed by atoms with Gasteiger partial charge in [-0.3, -0.25) is 4.79 Å². The first-order valence-electron chi connectivity index (χ1n) is 4.87. The van der Waals surface area contributed by atoms with Gasteiger partial charge in [0.1, 0.15) is 5.71 Å². The minimum absolute atomic E-state index is 0.0721. The molecule has 0 spiro atoms. The zero-order chi connectivity index (χ0) is 12.8. The van der Waals surface area contributed by atoms with Crippen molar-refractivity contribution < 1.29 is 15.2 Å². The molecule has 0 atom stereocenters. The standard InChI is InChI=1S/C11H13N3O3/c1-7-3-5-9(6-4-7)12-11(15)10(14-17)8(2)13-16/h3-6,16-17H,1-2H3,(H,12,15)/b13-8+,14-10+. The van der Waals surface area contributed by atoms with E-state index in [0.29, 0.717) is 5.69 Å². The van der Waals surface area contributed by atoms with Crippen molar-refractivity contribution in [1.29, 1.82) is 0 Å². The van der Waals surface area contributed by atoms with Crippen LogP contribution in [-0.2, 0) is 4.79 Å². The maximum absolute atomic E-state index is 11.6. The summed E-state index contributed by atoms with van der Waals surface area (Å²) >= 11 is 0. The van der Waals surface area contributed by atoms with E-state index in [-0.39, 0.29) is 11.4 Å². The van der Waals surface area contributed by atoms with Crippen molar-refractivity contribution in [2.75, 3.05) is 5.32 Å². The zero-order valence-corrected chi connectivity index (χ0v) is 9.51. The fourth-order valence-corrected chi connectivity index (χ4v) is 1.16. The van der Waals surface area contributed by atoms with Crippen LogP contribution in [0.4, 0.5) is 5.69 Å². The lowest BCUT2D eigenvalue weighted by molar-refractivity contribution is -0.110. The van der Waals surface area contributed by atoms with Gasteiger partial charge in [-0.2, -0.15) is 0 Å². The van der Waals surface area contributed by atoms with E-state index >= 15 is 0 Å². The molecule has 17 heavy (non-hydrogen) atoms. The van der Waals surface area contributed by atoms with Crippen LogP contribution in [-0.4, -0.2) is 27.7 Å². The third kappa shape index (κ3) is 3.30. The molecule has 0 aliphatic carbocycles. The van der Waals surface area contributed by atoms with Crippen molar-refractivity contribution in [1.82, 2.24) is 0 Å². The smallest absolute Gasteiger partial charge is 0.279 e. The number of rotatable bonds is 3. The summed E-state index contributed by atoms with van der Waals surface area (Å²) in [5, 5.41) is 25.3. The summed E-state index contributed by atoms with van der Waals surface area (Å²) in [5.41, 5.74) is 1.21. The molecule has 1 rings (SSSR count). The van der Waals surface area contributed by atoms with Crippen LogP contribution in [0.3, 0.4) is 0 Å². The fraction of sp³-hybridized carbons (Fsp3) is 0.182. The third-order valence-electron chi connectivity index (χ3n) is 2.12. The number of carbonyl (C=O) groups excluding carboxylic acids is 1. The largest absolute Gasteiger partial charge is 0.411 e. The highest BCUT2D eigenvalue weighted by atomic mass is 16.4. The molecule has 1 aromatic rings. The van der Waals surface area contributed by atoms with Gasteiger partial charge in [0.2, 0.25) is 0 Å². The van der Waals surface area contributed by atoms with Gasteiger partial charge < -0.3 is 15.7 Å². The van der Waals surface area contributed by atoms with Gasteiger partial charge in [-0.1, -0.05) is 28.0 Å². The van der Waals surface area contributed by atoms with Crippen molar-refractivity contribution >= 4 is 23.0 Å².